The number of benzene rings is 3. The Morgan fingerprint density at radius 3 is 2.53 bits per heavy atom. The minimum absolute atomic E-state index is 0.00920. The third-order valence-electron chi connectivity index (χ3n) is 4.01. The molecule has 0 saturated heterocycles. The Labute approximate surface area is 188 Å². The molecule has 30 heavy (non-hydrogen) atoms. The molecule has 0 saturated carbocycles. The highest BCUT2D eigenvalue weighted by Gasteiger charge is 2.11. The number of thiocarbonyl (C=S) groups is 1. The van der Waals surface area contributed by atoms with Crippen molar-refractivity contribution in [2.45, 2.75) is 6.54 Å². The van der Waals surface area contributed by atoms with Gasteiger partial charge in [-0.2, -0.15) is 5.10 Å². The molecule has 0 fully saturated rings. The SMILES string of the molecule is O=[N+]([O-])c1cccc(/C=N/N(Cc2ccccc2)C(=S)Nc2ccc(Cl)c(Cl)c2)c1. The molecule has 0 spiro atoms. The van der Waals surface area contributed by atoms with Crippen LogP contribution in [0.3, 0.4) is 0 Å². The lowest BCUT2D eigenvalue weighted by Gasteiger charge is -2.21. The summed E-state index contributed by atoms with van der Waals surface area (Å²) in [5.74, 6) is 0. The van der Waals surface area contributed by atoms with Crippen LogP contribution in [0.4, 0.5) is 11.4 Å². The van der Waals surface area contributed by atoms with E-state index in [-0.39, 0.29) is 5.69 Å². The minimum atomic E-state index is -0.449. The second kappa shape index (κ2) is 10.2. The highest BCUT2D eigenvalue weighted by Crippen LogP contribution is 2.25. The number of nitro groups is 1. The van der Waals surface area contributed by atoms with Gasteiger partial charge in [-0.1, -0.05) is 65.7 Å². The first-order valence-corrected chi connectivity index (χ1v) is 9.95. The number of nitrogens with zero attached hydrogens (tertiary/aromatic N) is 3. The van der Waals surface area contributed by atoms with Crippen molar-refractivity contribution in [3.05, 3.63) is 104 Å². The standard InChI is InChI=1S/C21H16Cl2N4O2S/c22-19-10-9-17(12-20(19)23)25-21(30)26(14-15-5-2-1-3-6-15)24-13-16-7-4-8-18(11-16)27(28)29/h1-13H,14H2,(H,25,30)/b24-13+. The number of hydrazone groups is 1. The first kappa shape index (κ1) is 21.7. The summed E-state index contributed by atoms with van der Waals surface area (Å²) in [7, 11) is 0. The van der Waals surface area contributed by atoms with Gasteiger partial charge in [-0.25, -0.2) is 5.01 Å². The number of halogens is 2. The lowest BCUT2D eigenvalue weighted by molar-refractivity contribution is -0.384. The van der Waals surface area contributed by atoms with Gasteiger partial charge >= 0.3 is 0 Å². The highest BCUT2D eigenvalue weighted by molar-refractivity contribution is 7.80. The van der Waals surface area contributed by atoms with Gasteiger partial charge < -0.3 is 5.32 Å². The van der Waals surface area contributed by atoms with Gasteiger partial charge in [-0.05, 0) is 36.0 Å². The molecule has 3 aromatic rings. The van der Waals surface area contributed by atoms with E-state index in [0.717, 1.165) is 5.56 Å². The van der Waals surface area contributed by atoms with Crippen molar-refractivity contribution in [1.29, 1.82) is 0 Å². The molecule has 1 N–H and O–H groups in total. The van der Waals surface area contributed by atoms with Crippen LogP contribution in [0.5, 0.6) is 0 Å². The fourth-order valence-electron chi connectivity index (χ4n) is 2.54. The Morgan fingerprint density at radius 2 is 1.83 bits per heavy atom. The molecule has 0 aliphatic rings. The number of rotatable bonds is 6. The number of hydrogen-bond acceptors (Lipinski definition) is 4. The van der Waals surface area contributed by atoms with Crippen LogP contribution in [0.2, 0.25) is 10.0 Å². The maximum atomic E-state index is 11.0. The van der Waals surface area contributed by atoms with E-state index in [4.69, 9.17) is 35.4 Å². The van der Waals surface area contributed by atoms with Gasteiger partial charge in [-0.3, -0.25) is 10.1 Å². The van der Waals surface area contributed by atoms with E-state index < -0.39 is 4.92 Å². The van der Waals surface area contributed by atoms with Gasteiger partial charge in [0.1, 0.15) is 0 Å². The molecule has 0 unspecified atom stereocenters. The zero-order chi connectivity index (χ0) is 21.5. The Hall–Kier alpha value is -3.00. The molecule has 0 aliphatic heterocycles. The van der Waals surface area contributed by atoms with Crippen molar-refractivity contribution < 1.29 is 4.92 Å². The van der Waals surface area contributed by atoms with Crippen molar-refractivity contribution in [3.8, 4) is 0 Å². The smallest absolute Gasteiger partial charge is 0.270 e. The predicted molar refractivity (Wildman–Crippen MR) is 125 cm³/mol. The summed E-state index contributed by atoms with van der Waals surface area (Å²) >= 11 is 17.6. The van der Waals surface area contributed by atoms with Crippen LogP contribution < -0.4 is 5.32 Å². The lowest BCUT2D eigenvalue weighted by atomic mass is 10.2. The average molecular weight is 459 g/mol. The highest BCUT2D eigenvalue weighted by atomic mass is 35.5. The largest absolute Gasteiger partial charge is 0.331 e. The molecule has 9 heteroatoms. The van der Waals surface area contributed by atoms with Crippen molar-refractivity contribution >= 4 is 58.1 Å². The second-order valence-electron chi connectivity index (χ2n) is 6.20. The molecular weight excluding hydrogens is 443 g/mol. The molecule has 0 aromatic heterocycles. The van der Waals surface area contributed by atoms with E-state index >= 15 is 0 Å². The lowest BCUT2D eigenvalue weighted by Crippen LogP contribution is -2.30. The van der Waals surface area contributed by atoms with Gasteiger partial charge in [-0.15, -0.1) is 0 Å². The predicted octanol–water partition coefficient (Wildman–Crippen LogP) is 6.13. The Bertz CT molecular complexity index is 1090. The molecule has 0 atom stereocenters. The summed E-state index contributed by atoms with van der Waals surface area (Å²) < 4.78 is 0. The molecule has 0 radical (unpaired) electrons. The fourth-order valence-corrected chi connectivity index (χ4v) is 3.07. The van der Waals surface area contributed by atoms with Gasteiger partial charge in [0.15, 0.2) is 5.11 Å². The summed E-state index contributed by atoms with van der Waals surface area (Å²) in [6, 6.07) is 21.0. The third kappa shape index (κ3) is 6.00. The molecule has 0 bridgehead atoms. The topological polar surface area (TPSA) is 70.8 Å². The Kier molecular flexibility index (Phi) is 7.35. The fraction of sp³-hybridized carbons (Fsp3) is 0.0476. The van der Waals surface area contributed by atoms with Gasteiger partial charge in [0.25, 0.3) is 5.69 Å². The maximum absolute atomic E-state index is 11.0. The Balaban J connectivity index is 1.83. The van der Waals surface area contributed by atoms with Crippen molar-refractivity contribution in [3.63, 3.8) is 0 Å². The number of hydrogen-bond donors (Lipinski definition) is 1. The van der Waals surface area contributed by atoms with Crippen molar-refractivity contribution in [1.82, 2.24) is 5.01 Å². The third-order valence-corrected chi connectivity index (χ3v) is 5.06. The first-order valence-electron chi connectivity index (χ1n) is 8.78. The average Bonchev–Trinajstić information content (AvgIpc) is 2.74. The van der Waals surface area contributed by atoms with E-state index in [1.54, 1.807) is 35.3 Å². The van der Waals surface area contributed by atoms with Crippen LogP contribution in [-0.2, 0) is 6.54 Å². The first-order chi connectivity index (χ1) is 14.4. The molecule has 0 amide bonds. The summed E-state index contributed by atoms with van der Waals surface area (Å²) in [5, 5.41) is 21.3. The van der Waals surface area contributed by atoms with Crippen LogP contribution in [0, 0.1) is 10.1 Å². The zero-order valence-electron chi connectivity index (χ0n) is 15.5. The van der Waals surface area contributed by atoms with Gasteiger partial charge in [0.05, 0.1) is 27.7 Å². The Morgan fingerprint density at radius 1 is 1.07 bits per heavy atom. The number of nitrogens with one attached hydrogen (secondary N) is 1. The van der Waals surface area contributed by atoms with Crippen LogP contribution in [0.1, 0.15) is 11.1 Å². The zero-order valence-corrected chi connectivity index (χ0v) is 17.9. The van der Waals surface area contributed by atoms with Gasteiger partial charge in [0.2, 0.25) is 0 Å². The van der Waals surface area contributed by atoms with E-state index in [2.05, 4.69) is 10.4 Å². The van der Waals surface area contributed by atoms with E-state index in [1.165, 1.54) is 18.3 Å². The molecule has 3 rings (SSSR count). The maximum Gasteiger partial charge on any atom is 0.270 e. The van der Waals surface area contributed by atoms with E-state index in [9.17, 15) is 10.1 Å². The normalized spacial score (nSPS) is 10.7. The molecule has 152 valence electrons. The number of non-ortho nitro benzene ring substituents is 1. The van der Waals surface area contributed by atoms with Gasteiger partial charge in [0, 0.05) is 23.4 Å². The molecular formula is C21H16Cl2N4O2S. The number of nitro benzene ring substituents is 1. The van der Waals surface area contributed by atoms with E-state index in [0.29, 0.717) is 33.0 Å². The van der Waals surface area contributed by atoms with Crippen LogP contribution in [0.15, 0.2) is 77.9 Å². The van der Waals surface area contributed by atoms with Crippen LogP contribution in [-0.4, -0.2) is 21.3 Å². The molecule has 0 aliphatic carbocycles. The number of anilines is 1. The van der Waals surface area contributed by atoms with Crippen molar-refractivity contribution in [2.24, 2.45) is 5.10 Å². The summed E-state index contributed by atoms with van der Waals surface area (Å²) in [6.07, 6.45) is 1.53. The molecule has 0 heterocycles. The minimum Gasteiger partial charge on any atom is -0.331 e. The van der Waals surface area contributed by atoms with Crippen LogP contribution in [0.25, 0.3) is 0 Å². The monoisotopic (exact) mass is 458 g/mol. The van der Waals surface area contributed by atoms with E-state index in [1.807, 2.05) is 30.3 Å². The summed E-state index contributed by atoms with van der Waals surface area (Å²) in [5.41, 5.74) is 2.23. The van der Waals surface area contributed by atoms with Crippen molar-refractivity contribution in [2.75, 3.05) is 5.32 Å². The molecule has 3 aromatic carbocycles. The summed E-state index contributed by atoms with van der Waals surface area (Å²) in [4.78, 5) is 10.5. The molecule has 6 nitrogen and oxygen atoms in total. The quantitative estimate of drug-likeness (QED) is 0.208. The summed E-state index contributed by atoms with van der Waals surface area (Å²) in [6.45, 7) is 0.402. The van der Waals surface area contributed by atoms with Crippen LogP contribution >= 0.6 is 35.4 Å². The second-order valence-corrected chi connectivity index (χ2v) is 7.40.